The van der Waals surface area contributed by atoms with Gasteiger partial charge in [-0.15, -0.1) is 0 Å². The summed E-state index contributed by atoms with van der Waals surface area (Å²) in [6.45, 7) is 10.5. The smallest absolute Gasteiger partial charge is 0.261 e. The minimum absolute atomic E-state index is 0.152. The van der Waals surface area contributed by atoms with Crippen molar-refractivity contribution in [1.82, 2.24) is 10.2 Å². The molecule has 0 fully saturated rings. The van der Waals surface area contributed by atoms with Crippen LogP contribution in [-0.4, -0.2) is 35.9 Å². The van der Waals surface area contributed by atoms with Crippen LogP contribution in [0.25, 0.3) is 0 Å². The Kier molecular flexibility index (Phi) is 9.38. The van der Waals surface area contributed by atoms with Gasteiger partial charge in [-0.25, -0.2) is 0 Å². The fourth-order valence-electron chi connectivity index (χ4n) is 3.30. The topological polar surface area (TPSA) is 58.6 Å². The zero-order chi connectivity index (χ0) is 23.0. The van der Waals surface area contributed by atoms with Crippen LogP contribution < -0.4 is 10.1 Å². The summed E-state index contributed by atoms with van der Waals surface area (Å²) in [5.74, 6) is 0.233. The molecule has 0 saturated heterocycles. The fraction of sp³-hybridized carbons (Fsp3) is 0.440. The number of hydrogen-bond donors (Lipinski definition) is 1. The lowest BCUT2D eigenvalue weighted by atomic mass is 10.1. The van der Waals surface area contributed by atoms with Gasteiger partial charge in [-0.3, -0.25) is 9.59 Å². The molecule has 0 aromatic heterocycles. The van der Waals surface area contributed by atoms with Gasteiger partial charge in [0.05, 0.1) is 0 Å². The molecule has 2 rings (SSSR count). The lowest BCUT2D eigenvalue weighted by Crippen LogP contribution is -2.49. The first-order chi connectivity index (χ1) is 14.7. The van der Waals surface area contributed by atoms with E-state index in [2.05, 4.69) is 18.3 Å². The Bertz CT molecular complexity index is 914. The molecule has 2 aromatic rings. The summed E-state index contributed by atoms with van der Waals surface area (Å²) >= 11 is 6.32. The van der Waals surface area contributed by atoms with Gasteiger partial charge in [0.2, 0.25) is 5.91 Å². The highest BCUT2D eigenvalue weighted by atomic mass is 35.5. The predicted molar refractivity (Wildman–Crippen MR) is 126 cm³/mol. The van der Waals surface area contributed by atoms with Gasteiger partial charge in [0.1, 0.15) is 11.8 Å². The Morgan fingerprint density at radius 2 is 1.87 bits per heavy atom. The fourth-order valence-corrected chi connectivity index (χ4v) is 3.50. The summed E-state index contributed by atoms with van der Waals surface area (Å²) in [4.78, 5) is 27.4. The third kappa shape index (κ3) is 7.00. The summed E-state index contributed by atoms with van der Waals surface area (Å²) < 4.78 is 5.88. The third-order valence-corrected chi connectivity index (χ3v) is 5.78. The molecule has 0 aliphatic rings. The molecule has 31 heavy (non-hydrogen) atoms. The van der Waals surface area contributed by atoms with E-state index in [1.807, 2.05) is 45.0 Å². The largest absolute Gasteiger partial charge is 0.483 e. The van der Waals surface area contributed by atoms with Crippen molar-refractivity contribution in [2.45, 2.75) is 60.0 Å². The van der Waals surface area contributed by atoms with Gasteiger partial charge in [-0.2, -0.15) is 0 Å². The second-order valence-corrected chi connectivity index (χ2v) is 8.33. The highest BCUT2D eigenvalue weighted by Gasteiger charge is 2.27. The van der Waals surface area contributed by atoms with Gasteiger partial charge in [-0.1, -0.05) is 49.2 Å². The summed E-state index contributed by atoms with van der Waals surface area (Å²) in [5, 5.41) is 3.47. The summed E-state index contributed by atoms with van der Waals surface area (Å²) in [6, 6.07) is 10.7. The molecule has 0 aliphatic heterocycles. The average molecular weight is 445 g/mol. The number of aryl methyl sites for hydroxylation is 2. The zero-order valence-electron chi connectivity index (χ0n) is 19.1. The first-order valence-corrected chi connectivity index (χ1v) is 11.1. The number of hydrogen-bond acceptors (Lipinski definition) is 3. The van der Waals surface area contributed by atoms with Crippen molar-refractivity contribution >= 4 is 23.4 Å². The molecule has 0 heterocycles. The minimum atomic E-state index is -0.649. The van der Waals surface area contributed by atoms with Crippen LogP contribution in [-0.2, 0) is 16.1 Å². The van der Waals surface area contributed by atoms with E-state index in [1.165, 1.54) is 4.90 Å². The number of nitrogens with zero attached hydrogens (tertiary/aromatic N) is 1. The van der Waals surface area contributed by atoms with E-state index in [9.17, 15) is 9.59 Å². The molecule has 1 N–H and O–H groups in total. The lowest BCUT2D eigenvalue weighted by molar-refractivity contribution is -0.142. The van der Waals surface area contributed by atoms with Gasteiger partial charge in [0, 0.05) is 18.1 Å². The maximum absolute atomic E-state index is 13.2. The molecule has 5 nitrogen and oxygen atoms in total. The van der Waals surface area contributed by atoms with Crippen molar-refractivity contribution in [3.05, 3.63) is 63.7 Å². The van der Waals surface area contributed by atoms with Crippen LogP contribution in [0.1, 0.15) is 48.9 Å². The first kappa shape index (κ1) is 24.7. The summed E-state index contributed by atoms with van der Waals surface area (Å²) in [5.41, 5.74) is 3.97. The molecular formula is C25H33ClN2O3. The SMILES string of the molecule is CCCCNC(=O)[C@@H](C)N(Cc1ccccc1Cl)C(=O)COc1cc(C)cc(C)c1C. The summed E-state index contributed by atoms with van der Waals surface area (Å²) in [7, 11) is 0. The standard InChI is InChI=1S/C25H33ClN2O3/c1-6-7-12-27-25(30)20(5)28(15-21-10-8-9-11-22(21)26)24(29)16-31-23-14-17(2)13-18(3)19(23)4/h8-11,13-14,20H,6-7,12,15-16H2,1-5H3,(H,27,30)/t20-/m1/s1. The van der Waals surface area contributed by atoms with Gasteiger partial charge < -0.3 is 15.0 Å². The predicted octanol–water partition coefficient (Wildman–Crippen LogP) is 4.98. The molecule has 0 bridgehead atoms. The molecule has 168 valence electrons. The number of unbranched alkanes of at least 4 members (excludes halogenated alkanes) is 1. The maximum atomic E-state index is 13.2. The van der Waals surface area contributed by atoms with Crippen molar-refractivity contribution < 1.29 is 14.3 Å². The van der Waals surface area contributed by atoms with E-state index in [-0.39, 0.29) is 25.0 Å². The van der Waals surface area contributed by atoms with Crippen LogP contribution in [0.3, 0.4) is 0 Å². The number of rotatable bonds is 10. The molecule has 1 atom stereocenters. The Morgan fingerprint density at radius 1 is 1.16 bits per heavy atom. The van der Waals surface area contributed by atoms with Crippen molar-refractivity contribution in [2.24, 2.45) is 0 Å². The highest BCUT2D eigenvalue weighted by molar-refractivity contribution is 6.31. The highest BCUT2D eigenvalue weighted by Crippen LogP contribution is 2.24. The number of benzene rings is 2. The lowest BCUT2D eigenvalue weighted by Gasteiger charge is -2.29. The Hall–Kier alpha value is -2.53. The van der Waals surface area contributed by atoms with Crippen molar-refractivity contribution in [2.75, 3.05) is 13.2 Å². The molecule has 2 amide bonds. The Morgan fingerprint density at radius 3 is 2.55 bits per heavy atom. The van der Waals surface area contributed by atoms with Gasteiger partial charge in [0.15, 0.2) is 6.61 Å². The van der Waals surface area contributed by atoms with E-state index in [0.29, 0.717) is 17.3 Å². The minimum Gasteiger partial charge on any atom is -0.483 e. The van der Waals surface area contributed by atoms with E-state index in [1.54, 1.807) is 13.0 Å². The van der Waals surface area contributed by atoms with Crippen LogP contribution in [0.4, 0.5) is 0 Å². The average Bonchev–Trinajstić information content (AvgIpc) is 2.74. The first-order valence-electron chi connectivity index (χ1n) is 10.8. The van der Waals surface area contributed by atoms with Crippen molar-refractivity contribution in [3.8, 4) is 5.75 Å². The second kappa shape index (κ2) is 11.8. The van der Waals surface area contributed by atoms with E-state index < -0.39 is 6.04 Å². The van der Waals surface area contributed by atoms with Crippen molar-refractivity contribution in [3.63, 3.8) is 0 Å². The Labute approximate surface area is 190 Å². The van der Waals surface area contributed by atoms with Gasteiger partial charge in [-0.05, 0) is 68.5 Å². The number of amides is 2. The molecule has 0 aliphatic carbocycles. The molecule has 0 unspecified atom stereocenters. The molecule has 0 spiro atoms. The van der Waals surface area contributed by atoms with Gasteiger partial charge >= 0.3 is 0 Å². The zero-order valence-corrected chi connectivity index (χ0v) is 19.9. The normalized spacial score (nSPS) is 11.7. The van der Waals surface area contributed by atoms with Crippen LogP contribution in [0.2, 0.25) is 5.02 Å². The Balaban J connectivity index is 2.19. The van der Waals surface area contributed by atoms with E-state index in [0.717, 1.165) is 35.1 Å². The third-order valence-electron chi connectivity index (χ3n) is 5.41. The monoisotopic (exact) mass is 444 g/mol. The van der Waals surface area contributed by atoms with E-state index >= 15 is 0 Å². The van der Waals surface area contributed by atoms with Crippen LogP contribution in [0, 0.1) is 20.8 Å². The number of ether oxygens (including phenoxy) is 1. The molecular weight excluding hydrogens is 412 g/mol. The van der Waals surface area contributed by atoms with Crippen LogP contribution >= 0.6 is 11.6 Å². The maximum Gasteiger partial charge on any atom is 0.261 e. The van der Waals surface area contributed by atoms with Crippen molar-refractivity contribution in [1.29, 1.82) is 0 Å². The number of nitrogens with one attached hydrogen (secondary N) is 1. The van der Waals surface area contributed by atoms with Crippen LogP contribution in [0.15, 0.2) is 36.4 Å². The number of carbonyl (C=O) groups excluding carboxylic acids is 2. The summed E-state index contributed by atoms with van der Waals surface area (Å²) in [6.07, 6.45) is 1.88. The second-order valence-electron chi connectivity index (χ2n) is 7.93. The number of halogens is 1. The van der Waals surface area contributed by atoms with Crippen LogP contribution in [0.5, 0.6) is 5.75 Å². The molecule has 2 aromatic carbocycles. The van der Waals surface area contributed by atoms with E-state index in [4.69, 9.17) is 16.3 Å². The molecule has 0 radical (unpaired) electrons. The number of carbonyl (C=O) groups is 2. The molecule has 0 saturated carbocycles. The molecule has 6 heteroatoms. The van der Waals surface area contributed by atoms with Gasteiger partial charge in [0.25, 0.3) is 5.91 Å². The quantitative estimate of drug-likeness (QED) is 0.526.